The largest absolute Gasteiger partial charge is 0.274 e. The van der Waals surface area contributed by atoms with Crippen molar-refractivity contribution in [2.45, 2.75) is 25.8 Å². The van der Waals surface area contributed by atoms with Crippen molar-refractivity contribution in [2.24, 2.45) is 4.99 Å². The molecular weight excluding hydrogens is 410 g/mol. The highest BCUT2D eigenvalue weighted by Crippen LogP contribution is 2.29. The molecule has 1 unspecified atom stereocenters. The number of halogens is 1. The highest BCUT2D eigenvalue weighted by Gasteiger charge is 2.31. The van der Waals surface area contributed by atoms with Gasteiger partial charge in [-0.25, -0.2) is 0 Å². The number of amidine groups is 1. The van der Waals surface area contributed by atoms with Crippen LogP contribution >= 0.6 is 23.4 Å². The number of carbonyl (C=O) groups is 3. The van der Waals surface area contributed by atoms with E-state index in [0.717, 1.165) is 5.75 Å². The smallest absolute Gasteiger partial charge is 0.264 e. The Morgan fingerprint density at radius 2 is 1.69 bits per heavy atom. The first-order valence-corrected chi connectivity index (χ1v) is 10.6. The van der Waals surface area contributed by atoms with Crippen molar-refractivity contribution < 1.29 is 14.4 Å². The van der Waals surface area contributed by atoms with Crippen LogP contribution in [0, 0.1) is 0 Å². The Labute approximate surface area is 177 Å². The maximum atomic E-state index is 13.3. The number of aliphatic imine (C=N–C) groups is 1. The molecule has 0 bridgehead atoms. The van der Waals surface area contributed by atoms with E-state index in [0.29, 0.717) is 27.1 Å². The van der Waals surface area contributed by atoms with Crippen molar-refractivity contribution in [1.29, 1.82) is 0 Å². The molecule has 1 saturated heterocycles. The van der Waals surface area contributed by atoms with Crippen LogP contribution in [-0.4, -0.2) is 34.7 Å². The molecule has 2 aromatic carbocycles. The fourth-order valence-electron chi connectivity index (χ4n) is 3.23. The Morgan fingerprint density at radius 3 is 2.24 bits per heavy atom. The van der Waals surface area contributed by atoms with E-state index in [4.69, 9.17) is 11.6 Å². The molecule has 8 heteroatoms. The van der Waals surface area contributed by atoms with Crippen molar-refractivity contribution in [2.75, 3.05) is 15.6 Å². The molecule has 0 aliphatic carbocycles. The zero-order valence-corrected chi connectivity index (χ0v) is 17.2. The van der Waals surface area contributed by atoms with Gasteiger partial charge in [0.2, 0.25) is 11.8 Å². The standard InChI is InChI=1S/C21H18ClN3O3S/c1-13-12-29-21(23-13)25(17-8-4-15(22)5-9-17)20(28)14-2-6-16(7-3-14)24-18(26)10-11-19(24)27/h2-9,13H,10-12H2,1H3. The van der Waals surface area contributed by atoms with E-state index in [1.807, 2.05) is 6.92 Å². The molecule has 1 atom stereocenters. The van der Waals surface area contributed by atoms with E-state index in [-0.39, 0.29) is 36.6 Å². The van der Waals surface area contributed by atoms with Crippen molar-refractivity contribution in [3.8, 4) is 0 Å². The molecule has 2 aliphatic rings. The number of imide groups is 1. The van der Waals surface area contributed by atoms with Gasteiger partial charge in [-0.2, -0.15) is 0 Å². The van der Waals surface area contributed by atoms with Crippen LogP contribution in [0.25, 0.3) is 0 Å². The number of nitrogens with zero attached hydrogens (tertiary/aromatic N) is 3. The molecule has 2 aromatic rings. The highest BCUT2D eigenvalue weighted by molar-refractivity contribution is 8.14. The average Bonchev–Trinajstić information content (AvgIpc) is 3.28. The number of amides is 3. The quantitative estimate of drug-likeness (QED) is 0.690. The minimum absolute atomic E-state index is 0.132. The van der Waals surface area contributed by atoms with Gasteiger partial charge in [0.25, 0.3) is 5.91 Å². The summed E-state index contributed by atoms with van der Waals surface area (Å²) in [5, 5.41) is 1.22. The normalized spacial score (nSPS) is 18.9. The van der Waals surface area contributed by atoms with Gasteiger partial charge in [-0.1, -0.05) is 23.4 Å². The fourth-order valence-corrected chi connectivity index (χ4v) is 4.39. The lowest BCUT2D eigenvalue weighted by Gasteiger charge is -2.22. The zero-order chi connectivity index (χ0) is 20.5. The Morgan fingerprint density at radius 1 is 1.07 bits per heavy atom. The number of carbonyl (C=O) groups excluding carboxylic acids is 3. The Bertz CT molecular complexity index is 989. The predicted octanol–water partition coefficient (Wildman–Crippen LogP) is 4.13. The first kappa shape index (κ1) is 19.7. The van der Waals surface area contributed by atoms with E-state index in [2.05, 4.69) is 4.99 Å². The second-order valence-electron chi connectivity index (χ2n) is 6.86. The summed E-state index contributed by atoms with van der Waals surface area (Å²) in [4.78, 5) is 44.5. The molecule has 0 spiro atoms. The van der Waals surface area contributed by atoms with Gasteiger partial charge in [-0.3, -0.25) is 29.2 Å². The van der Waals surface area contributed by atoms with E-state index in [1.54, 1.807) is 53.4 Å². The average molecular weight is 428 g/mol. The molecule has 148 valence electrons. The van der Waals surface area contributed by atoms with Crippen molar-refractivity contribution in [1.82, 2.24) is 0 Å². The third-order valence-electron chi connectivity index (χ3n) is 4.69. The Balaban J connectivity index is 1.65. The third kappa shape index (κ3) is 3.93. The summed E-state index contributed by atoms with van der Waals surface area (Å²) < 4.78 is 0. The molecule has 6 nitrogen and oxygen atoms in total. The van der Waals surface area contributed by atoms with Crippen molar-refractivity contribution in [3.05, 3.63) is 59.1 Å². The van der Waals surface area contributed by atoms with Gasteiger partial charge < -0.3 is 0 Å². The van der Waals surface area contributed by atoms with Crippen LogP contribution in [0.1, 0.15) is 30.1 Å². The lowest BCUT2D eigenvalue weighted by Crippen LogP contribution is -2.34. The minimum Gasteiger partial charge on any atom is -0.274 e. The van der Waals surface area contributed by atoms with Crippen molar-refractivity contribution in [3.63, 3.8) is 0 Å². The van der Waals surface area contributed by atoms with E-state index in [9.17, 15) is 14.4 Å². The number of hydrogen-bond donors (Lipinski definition) is 0. The van der Waals surface area contributed by atoms with Gasteiger partial charge in [0, 0.05) is 29.2 Å². The minimum atomic E-state index is -0.238. The monoisotopic (exact) mass is 427 g/mol. The van der Waals surface area contributed by atoms with E-state index >= 15 is 0 Å². The maximum absolute atomic E-state index is 13.3. The SMILES string of the molecule is CC1CSC(N(C(=O)c2ccc(N3C(=O)CCC3=O)cc2)c2ccc(Cl)cc2)=N1. The Hall–Kier alpha value is -2.64. The molecule has 0 radical (unpaired) electrons. The van der Waals surface area contributed by atoms with Gasteiger partial charge in [0.1, 0.15) is 0 Å². The van der Waals surface area contributed by atoms with Crippen LogP contribution in [0.3, 0.4) is 0 Å². The molecule has 29 heavy (non-hydrogen) atoms. The van der Waals surface area contributed by atoms with Crippen LogP contribution in [0.4, 0.5) is 11.4 Å². The second kappa shape index (κ2) is 8.00. The van der Waals surface area contributed by atoms with Gasteiger partial charge in [0.15, 0.2) is 5.17 Å². The summed E-state index contributed by atoms with van der Waals surface area (Å²) in [5.74, 6) is 0.133. The van der Waals surface area contributed by atoms with Gasteiger partial charge in [0.05, 0.1) is 17.4 Å². The third-order valence-corrected chi connectivity index (χ3v) is 6.13. The fraction of sp³-hybridized carbons (Fsp3) is 0.238. The van der Waals surface area contributed by atoms with Crippen molar-refractivity contribution >= 4 is 57.6 Å². The Kier molecular flexibility index (Phi) is 5.43. The lowest BCUT2D eigenvalue weighted by molar-refractivity contribution is -0.121. The van der Waals surface area contributed by atoms with Gasteiger partial charge >= 0.3 is 0 Å². The molecule has 2 heterocycles. The molecule has 3 amide bonds. The molecule has 4 rings (SSSR count). The first-order valence-electron chi connectivity index (χ1n) is 9.20. The molecule has 0 saturated carbocycles. The van der Waals surface area contributed by atoms with Gasteiger partial charge in [-0.15, -0.1) is 0 Å². The topological polar surface area (TPSA) is 70.1 Å². The number of hydrogen-bond acceptors (Lipinski definition) is 5. The number of thioether (sulfide) groups is 1. The summed E-state index contributed by atoms with van der Waals surface area (Å²) in [5.41, 5.74) is 1.59. The summed E-state index contributed by atoms with van der Waals surface area (Å²) >= 11 is 7.53. The van der Waals surface area contributed by atoms with Crippen LogP contribution in [-0.2, 0) is 9.59 Å². The van der Waals surface area contributed by atoms with Gasteiger partial charge in [-0.05, 0) is 55.5 Å². The molecule has 0 N–H and O–H groups in total. The lowest BCUT2D eigenvalue weighted by atomic mass is 10.1. The molecular formula is C21H18ClN3O3S. The highest BCUT2D eigenvalue weighted by atomic mass is 35.5. The van der Waals surface area contributed by atoms with E-state index in [1.165, 1.54) is 16.7 Å². The molecule has 1 fully saturated rings. The summed E-state index contributed by atoms with van der Waals surface area (Å²) in [6.45, 7) is 2.00. The summed E-state index contributed by atoms with van der Waals surface area (Å²) in [7, 11) is 0. The number of anilines is 2. The zero-order valence-electron chi connectivity index (χ0n) is 15.7. The van der Waals surface area contributed by atoms with Crippen LogP contribution in [0.5, 0.6) is 0 Å². The molecule has 2 aliphatic heterocycles. The summed E-state index contributed by atoms with van der Waals surface area (Å²) in [6.07, 6.45) is 0.443. The van der Waals surface area contributed by atoms with Crippen LogP contribution < -0.4 is 9.80 Å². The molecule has 0 aromatic heterocycles. The predicted molar refractivity (Wildman–Crippen MR) is 116 cm³/mol. The van der Waals surface area contributed by atoms with Crippen LogP contribution in [0.15, 0.2) is 53.5 Å². The second-order valence-corrected chi connectivity index (χ2v) is 8.28. The number of benzene rings is 2. The number of rotatable bonds is 3. The van der Waals surface area contributed by atoms with Crippen LogP contribution in [0.2, 0.25) is 5.02 Å². The van der Waals surface area contributed by atoms with E-state index < -0.39 is 0 Å². The first-order chi connectivity index (χ1) is 13.9. The maximum Gasteiger partial charge on any atom is 0.264 e. The summed E-state index contributed by atoms with van der Waals surface area (Å²) in [6, 6.07) is 13.7.